The fourth-order valence-electron chi connectivity index (χ4n) is 3.53. The van der Waals surface area contributed by atoms with Crippen molar-refractivity contribution in [3.8, 4) is 0 Å². The number of rotatable bonds is 8. The number of nitro benzene ring substituents is 1. The molecule has 0 radical (unpaired) electrons. The highest BCUT2D eigenvalue weighted by molar-refractivity contribution is 7.98. The molecule has 1 aliphatic heterocycles. The molecule has 0 saturated carbocycles. The number of halogens is 1. The first-order chi connectivity index (χ1) is 15.9. The Morgan fingerprint density at radius 3 is 2.73 bits per heavy atom. The SMILES string of the molecule is O=C(Cn1nc2c(c1NC(=O)c1cc(Cl)ccc1[N+](=O)[O-])CSC2)NCCc1ccccc1. The molecule has 2 N–H and O–H groups in total. The molecule has 1 aromatic heterocycles. The van der Waals surface area contributed by atoms with Crippen molar-refractivity contribution in [1.82, 2.24) is 15.1 Å². The van der Waals surface area contributed by atoms with Crippen LogP contribution in [0.2, 0.25) is 5.02 Å². The standard InChI is InChI=1S/C22H20ClN5O4S/c23-15-6-7-19(28(31)32)16(10-15)22(30)25-21-17-12-33-13-18(17)26-27(21)11-20(29)24-9-8-14-4-2-1-3-5-14/h1-7,10H,8-9,11-13H2,(H,24,29)(H,25,30). The summed E-state index contributed by atoms with van der Waals surface area (Å²) in [5.41, 5.74) is 2.20. The van der Waals surface area contributed by atoms with Crippen LogP contribution in [-0.4, -0.2) is 33.1 Å². The van der Waals surface area contributed by atoms with Gasteiger partial charge in [0.2, 0.25) is 5.91 Å². The quantitative estimate of drug-likeness (QED) is 0.370. The summed E-state index contributed by atoms with van der Waals surface area (Å²) in [5, 5.41) is 21.6. The van der Waals surface area contributed by atoms with Gasteiger partial charge in [-0.3, -0.25) is 19.7 Å². The summed E-state index contributed by atoms with van der Waals surface area (Å²) in [7, 11) is 0. The van der Waals surface area contributed by atoms with E-state index < -0.39 is 10.8 Å². The molecule has 1 aliphatic rings. The molecule has 0 fully saturated rings. The van der Waals surface area contributed by atoms with Gasteiger partial charge in [-0.15, -0.1) is 0 Å². The van der Waals surface area contributed by atoms with Crippen LogP contribution in [0.3, 0.4) is 0 Å². The van der Waals surface area contributed by atoms with Crippen LogP contribution in [-0.2, 0) is 29.3 Å². The van der Waals surface area contributed by atoms with Crippen LogP contribution < -0.4 is 10.6 Å². The summed E-state index contributed by atoms with van der Waals surface area (Å²) in [6.07, 6.45) is 0.695. The molecule has 9 nitrogen and oxygen atoms in total. The van der Waals surface area contributed by atoms with Gasteiger partial charge >= 0.3 is 0 Å². The first-order valence-electron chi connectivity index (χ1n) is 10.1. The second kappa shape index (κ2) is 10.1. The van der Waals surface area contributed by atoms with Crippen LogP contribution in [0.5, 0.6) is 0 Å². The van der Waals surface area contributed by atoms with E-state index in [9.17, 15) is 19.7 Å². The normalized spacial score (nSPS) is 12.3. The van der Waals surface area contributed by atoms with E-state index in [2.05, 4.69) is 15.7 Å². The minimum Gasteiger partial charge on any atom is -0.354 e. The maximum absolute atomic E-state index is 12.9. The monoisotopic (exact) mass is 485 g/mol. The Kier molecular flexibility index (Phi) is 6.95. The van der Waals surface area contributed by atoms with Crippen molar-refractivity contribution in [3.05, 3.63) is 86.1 Å². The Morgan fingerprint density at radius 2 is 1.97 bits per heavy atom. The highest BCUT2D eigenvalue weighted by Gasteiger charge is 2.27. The lowest BCUT2D eigenvalue weighted by molar-refractivity contribution is -0.385. The van der Waals surface area contributed by atoms with E-state index in [0.29, 0.717) is 30.3 Å². The highest BCUT2D eigenvalue weighted by atomic mass is 35.5. The van der Waals surface area contributed by atoms with Crippen molar-refractivity contribution < 1.29 is 14.5 Å². The number of thioether (sulfide) groups is 1. The number of fused-ring (bicyclic) bond motifs is 1. The predicted molar refractivity (Wildman–Crippen MR) is 126 cm³/mol. The molecule has 170 valence electrons. The molecule has 3 aromatic rings. The third-order valence-electron chi connectivity index (χ3n) is 5.12. The lowest BCUT2D eigenvalue weighted by Crippen LogP contribution is -2.30. The second-order valence-electron chi connectivity index (χ2n) is 7.38. The van der Waals surface area contributed by atoms with Crippen LogP contribution in [0, 0.1) is 10.1 Å². The van der Waals surface area contributed by atoms with Gasteiger partial charge in [0.1, 0.15) is 17.9 Å². The van der Waals surface area contributed by atoms with Crippen LogP contribution in [0.15, 0.2) is 48.5 Å². The van der Waals surface area contributed by atoms with Gasteiger partial charge in [0.25, 0.3) is 11.6 Å². The predicted octanol–water partition coefficient (Wildman–Crippen LogP) is 3.80. The van der Waals surface area contributed by atoms with Crippen molar-refractivity contribution in [2.75, 3.05) is 11.9 Å². The number of nitrogens with zero attached hydrogens (tertiary/aromatic N) is 3. The lowest BCUT2D eigenvalue weighted by Gasteiger charge is -2.12. The van der Waals surface area contributed by atoms with Crippen molar-refractivity contribution in [3.63, 3.8) is 0 Å². The van der Waals surface area contributed by atoms with E-state index in [1.165, 1.54) is 22.9 Å². The maximum atomic E-state index is 12.9. The van der Waals surface area contributed by atoms with E-state index in [1.807, 2.05) is 30.3 Å². The Hall–Kier alpha value is -3.37. The summed E-state index contributed by atoms with van der Waals surface area (Å²) < 4.78 is 1.44. The number of aromatic nitrogens is 2. The van der Waals surface area contributed by atoms with E-state index in [1.54, 1.807) is 11.8 Å². The molecular formula is C22H20ClN5O4S. The smallest absolute Gasteiger partial charge is 0.282 e. The molecule has 0 saturated heterocycles. The first-order valence-corrected chi connectivity index (χ1v) is 11.7. The van der Waals surface area contributed by atoms with Gasteiger partial charge < -0.3 is 10.6 Å². The maximum Gasteiger partial charge on any atom is 0.282 e. The van der Waals surface area contributed by atoms with E-state index in [0.717, 1.165) is 16.8 Å². The van der Waals surface area contributed by atoms with Gasteiger partial charge in [0.15, 0.2) is 0 Å². The third-order valence-corrected chi connectivity index (χ3v) is 6.33. The summed E-state index contributed by atoms with van der Waals surface area (Å²) in [5.74, 6) is 0.724. The first kappa shape index (κ1) is 22.8. The number of carbonyl (C=O) groups is 2. The van der Waals surface area contributed by atoms with Crippen LogP contribution in [0.4, 0.5) is 11.5 Å². The molecule has 2 heterocycles. The zero-order valence-electron chi connectivity index (χ0n) is 17.4. The van der Waals surface area contributed by atoms with Gasteiger partial charge in [0.05, 0.1) is 10.6 Å². The number of anilines is 1. The van der Waals surface area contributed by atoms with Crippen molar-refractivity contribution in [1.29, 1.82) is 0 Å². The fraction of sp³-hybridized carbons (Fsp3) is 0.227. The molecular weight excluding hydrogens is 466 g/mol. The average molecular weight is 486 g/mol. The topological polar surface area (TPSA) is 119 Å². The van der Waals surface area contributed by atoms with Crippen molar-refractivity contribution in [2.24, 2.45) is 0 Å². The van der Waals surface area contributed by atoms with E-state index >= 15 is 0 Å². The number of hydrogen-bond donors (Lipinski definition) is 2. The van der Waals surface area contributed by atoms with E-state index in [4.69, 9.17) is 11.6 Å². The molecule has 0 bridgehead atoms. The summed E-state index contributed by atoms with van der Waals surface area (Å²) in [6.45, 7) is 0.385. The number of benzene rings is 2. The molecule has 0 atom stereocenters. The van der Waals surface area contributed by atoms with Crippen molar-refractivity contribution in [2.45, 2.75) is 24.5 Å². The number of carbonyl (C=O) groups excluding carboxylic acids is 2. The molecule has 0 aliphatic carbocycles. The third kappa shape index (κ3) is 5.35. The minimum atomic E-state index is -0.686. The zero-order valence-corrected chi connectivity index (χ0v) is 19.0. The summed E-state index contributed by atoms with van der Waals surface area (Å²) in [6, 6.07) is 13.6. The molecule has 2 amide bonds. The Morgan fingerprint density at radius 1 is 1.18 bits per heavy atom. The van der Waals surface area contributed by atoms with Gasteiger partial charge in [-0.2, -0.15) is 16.9 Å². The van der Waals surface area contributed by atoms with Crippen LogP contribution in [0.25, 0.3) is 0 Å². The molecule has 0 unspecified atom stereocenters. The number of hydrogen-bond acceptors (Lipinski definition) is 6. The van der Waals surface area contributed by atoms with Crippen molar-refractivity contribution >= 4 is 46.7 Å². The average Bonchev–Trinajstić information content (AvgIpc) is 3.36. The van der Waals surface area contributed by atoms with Gasteiger partial charge in [-0.05, 0) is 24.1 Å². The van der Waals surface area contributed by atoms with Gasteiger partial charge in [0, 0.05) is 34.7 Å². The Bertz CT molecular complexity index is 1210. The molecule has 11 heteroatoms. The van der Waals surface area contributed by atoms with Crippen LogP contribution >= 0.6 is 23.4 Å². The minimum absolute atomic E-state index is 0.0836. The largest absolute Gasteiger partial charge is 0.354 e. The highest BCUT2D eigenvalue weighted by Crippen LogP contribution is 2.35. The molecule has 0 spiro atoms. The lowest BCUT2D eigenvalue weighted by atomic mass is 10.1. The number of nitrogens with one attached hydrogen (secondary N) is 2. The molecule has 2 aromatic carbocycles. The second-order valence-corrected chi connectivity index (χ2v) is 8.80. The molecule has 4 rings (SSSR count). The molecule has 33 heavy (non-hydrogen) atoms. The van der Waals surface area contributed by atoms with Gasteiger partial charge in [-0.1, -0.05) is 41.9 Å². The van der Waals surface area contributed by atoms with Crippen LogP contribution in [0.1, 0.15) is 27.2 Å². The van der Waals surface area contributed by atoms with E-state index in [-0.39, 0.29) is 28.7 Å². The number of amides is 2. The fourth-order valence-corrected chi connectivity index (χ4v) is 4.73. The Labute approximate surface area is 198 Å². The summed E-state index contributed by atoms with van der Waals surface area (Å²) >= 11 is 7.60. The Balaban J connectivity index is 1.49. The zero-order chi connectivity index (χ0) is 23.4. The van der Waals surface area contributed by atoms with Gasteiger partial charge in [-0.25, -0.2) is 4.68 Å². The number of nitro groups is 1. The summed E-state index contributed by atoms with van der Waals surface area (Å²) in [4.78, 5) is 36.2.